The summed E-state index contributed by atoms with van der Waals surface area (Å²) in [7, 11) is 2.81. The van der Waals surface area contributed by atoms with Gasteiger partial charge in [-0.3, -0.25) is 4.79 Å². The number of carbonyl (C=O) groups is 2. The maximum atomic E-state index is 12.0. The molecule has 1 rings (SSSR count). The molecule has 0 saturated carbocycles. The number of benzene rings is 1. The van der Waals surface area contributed by atoms with Gasteiger partial charge in [0.25, 0.3) is 0 Å². The fourth-order valence-electron chi connectivity index (χ4n) is 1.81. The maximum absolute atomic E-state index is 12.0. The normalized spacial score (nSPS) is 9.75. The average molecular weight is 277 g/mol. The van der Waals surface area contributed by atoms with Crippen molar-refractivity contribution in [3.63, 3.8) is 0 Å². The molecular weight excluding hydrogens is 258 g/mol. The maximum Gasteiger partial charge on any atom is 0.340 e. The molecule has 1 amide bonds. The summed E-state index contributed by atoms with van der Waals surface area (Å²) in [5, 5.41) is 0. The predicted molar refractivity (Wildman–Crippen MR) is 77.2 cm³/mol. The number of anilines is 1. The highest BCUT2D eigenvalue weighted by atomic mass is 16.5. The van der Waals surface area contributed by atoms with Crippen LogP contribution in [0.2, 0.25) is 0 Å². The second kappa shape index (κ2) is 7.33. The molecule has 0 aliphatic rings. The van der Waals surface area contributed by atoms with Crippen LogP contribution in [0.4, 0.5) is 5.69 Å². The van der Waals surface area contributed by atoms with Crippen molar-refractivity contribution in [2.45, 2.75) is 13.3 Å². The van der Waals surface area contributed by atoms with Gasteiger partial charge in [-0.1, -0.05) is 13.0 Å². The lowest BCUT2D eigenvalue weighted by molar-refractivity contribution is -0.118. The third-order valence-corrected chi connectivity index (χ3v) is 2.82. The van der Waals surface area contributed by atoms with E-state index < -0.39 is 5.97 Å². The highest BCUT2D eigenvalue weighted by molar-refractivity contribution is 6.03. The molecule has 0 radical (unpaired) electrons. The van der Waals surface area contributed by atoms with Gasteiger partial charge >= 0.3 is 5.97 Å². The van der Waals surface area contributed by atoms with Crippen molar-refractivity contribution < 1.29 is 19.1 Å². The molecule has 0 saturated heterocycles. The second-order valence-corrected chi connectivity index (χ2v) is 4.02. The first-order valence-corrected chi connectivity index (χ1v) is 6.26. The van der Waals surface area contributed by atoms with Crippen molar-refractivity contribution in [1.82, 2.24) is 0 Å². The molecule has 5 nitrogen and oxygen atoms in total. The van der Waals surface area contributed by atoms with Gasteiger partial charge in [-0.25, -0.2) is 4.79 Å². The minimum Gasteiger partial charge on any atom is -0.497 e. The third kappa shape index (κ3) is 3.38. The molecule has 0 bridgehead atoms. The third-order valence-electron chi connectivity index (χ3n) is 2.82. The van der Waals surface area contributed by atoms with E-state index in [1.54, 1.807) is 31.2 Å². The molecule has 0 aromatic heterocycles. The summed E-state index contributed by atoms with van der Waals surface area (Å²) in [4.78, 5) is 25.4. The van der Waals surface area contributed by atoms with Crippen molar-refractivity contribution in [2.75, 3.05) is 25.7 Å². The van der Waals surface area contributed by atoms with Gasteiger partial charge in [0.2, 0.25) is 5.91 Å². The van der Waals surface area contributed by atoms with Crippen LogP contribution in [0.5, 0.6) is 5.75 Å². The van der Waals surface area contributed by atoms with Crippen LogP contribution in [0, 0.1) is 0 Å². The zero-order valence-corrected chi connectivity index (χ0v) is 12.0. The number of rotatable bonds is 6. The van der Waals surface area contributed by atoms with Gasteiger partial charge in [0.05, 0.1) is 25.5 Å². The Morgan fingerprint density at radius 3 is 2.55 bits per heavy atom. The average Bonchev–Trinajstić information content (AvgIpc) is 2.50. The van der Waals surface area contributed by atoms with Crippen molar-refractivity contribution in [3.8, 4) is 5.75 Å². The van der Waals surface area contributed by atoms with E-state index in [1.807, 2.05) is 0 Å². The molecule has 0 heterocycles. The van der Waals surface area contributed by atoms with Gasteiger partial charge in [-0.15, -0.1) is 6.58 Å². The molecule has 0 spiro atoms. The Morgan fingerprint density at radius 2 is 2.05 bits per heavy atom. The van der Waals surface area contributed by atoms with Crippen molar-refractivity contribution in [1.29, 1.82) is 0 Å². The van der Waals surface area contributed by atoms with E-state index in [1.165, 1.54) is 19.1 Å². The summed E-state index contributed by atoms with van der Waals surface area (Å²) < 4.78 is 9.86. The quantitative estimate of drug-likeness (QED) is 0.592. The number of esters is 1. The fraction of sp³-hybridized carbons (Fsp3) is 0.333. The van der Waals surface area contributed by atoms with E-state index in [0.29, 0.717) is 24.4 Å². The number of carbonyl (C=O) groups excluding carboxylic acids is 2. The molecule has 0 fully saturated rings. The summed E-state index contributed by atoms with van der Waals surface area (Å²) in [6.07, 6.45) is 1.94. The summed E-state index contributed by atoms with van der Waals surface area (Å²) in [5.41, 5.74) is 0.778. The van der Waals surface area contributed by atoms with E-state index in [2.05, 4.69) is 6.58 Å². The van der Waals surface area contributed by atoms with Crippen LogP contribution >= 0.6 is 0 Å². The zero-order valence-electron chi connectivity index (χ0n) is 12.0. The highest BCUT2D eigenvalue weighted by Gasteiger charge is 2.21. The Morgan fingerprint density at radius 1 is 1.35 bits per heavy atom. The summed E-state index contributed by atoms with van der Waals surface area (Å²) in [6.45, 7) is 5.72. The highest BCUT2D eigenvalue weighted by Crippen LogP contribution is 2.27. The van der Waals surface area contributed by atoms with E-state index in [4.69, 9.17) is 9.47 Å². The van der Waals surface area contributed by atoms with Gasteiger partial charge in [0.15, 0.2) is 0 Å². The van der Waals surface area contributed by atoms with Crippen LogP contribution < -0.4 is 9.64 Å². The number of hydrogen-bond donors (Lipinski definition) is 0. The molecule has 0 aliphatic heterocycles. The van der Waals surface area contributed by atoms with Crippen LogP contribution in [0.25, 0.3) is 0 Å². The Labute approximate surface area is 118 Å². The largest absolute Gasteiger partial charge is 0.497 e. The monoisotopic (exact) mass is 277 g/mol. The molecule has 20 heavy (non-hydrogen) atoms. The first-order chi connectivity index (χ1) is 9.58. The van der Waals surface area contributed by atoms with Gasteiger partial charge in [-0.2, -0.15) is 0 Å². The molecular formula is C15H19NO4. The van der Waals surface area contributed by atoms with Gasteiger partial charge < -0.3 is 14.4 Å². The lowest BCUT2D eigenvalue weighted by atomic mass is 10.1. The van der Waals surface area contributed by atoms with Crippen molar-refractivity contribution in [3.05, 3.63) is 36.4 Å². The lowest BCUT2D eigenvalue weighted by Gasteiger charge is -2.23. The van der Waals surface area contributed by atoms with Crippen LogP contribution in [0.15, 0.2) is 30.9 Å². The molecule has 108 valence electrons. The number of hydrogen-bond acceptors (Lipinski definition) is 4. The number of methoxy groups -OCH3 is 2. The number of nitrogens with zero attached hydrogens (tertiary/aromatic N) is 1. The molecule has 5 heteroatoms. The van der Waals surface area contributed by atoms with Gasteiger partial charge in [0, 0.05) is 13.0 Å². The molecule has 0 N–H and O–H groups in total. The van der Waals surface area contributed by atoms with E-state index >= 15 is 0 Å². The molecule has 1 aromatic carbocycles. The van der Waals surface area contributed by atoms with Crippen LogP contribution in [0.3, 0.4) is 0 Å². The van der Waals surface area contributed by atoms with Gasteiger partial charge in [0.1, 0.15) is 5.75 Å². The summed E-state index contributed by atoms with van der Waals surface area (Å²) in [5.74, 6) is -0.0891. The molecule has 0 atom stereocenters. The first-order valence-electron chi connectivity index (χ1n) is 6.26. The number of ether oxygens (including phenoxy) is 2. The topological polar surface area (TPSA) is 55.8 Å². The van der Waals surface area contributed by atoms with E-state index in [0.717, 1.165) is 0 Å². The Kier molecular flexibility index (Phi) is 5.77. The summed E-state index contributed by atoms with van der Waals surface area (Å²) in [6, 6.07) is 4.92. The fourth-order valence-corrected chi connectivity index (χ4v) is 1.81. The second-order valence-electron chi connectivity index (χ2n) is 4.02. The first kappa shape index (κ1) is 15.8. The Balaban J connectivity index is 3.35. The molecule has 0 aliphatic carbocycles. The van der Waals surface area contributed by atoms with Crippen molar-refractivity contribution >= 4 is 17.6 Å². The number of amides is 1. The molecule has 1 aromatic rings. The zero-order chi connectivity index (χ0) is 15.1. The summed E-state index contributed by atoms with van der Waals surface area (Å²) >= 11 is 0. The SMILES string of the molecule is C=CCN(C(=O)CC)c1ccc(OC)cc1C(=O)OC. The van der Waals surface area contributed by atoms with Gasteiger partial charge in [-0.05, 0) is 18.2 Å². The Hall–Kier alpha value is -2.30. The minimum absolute atomic E-state index is 0.0970. The van der Waals surface area contributed by atoms with Crippen molar-refractivity contribution in [2.24, 2.45) is 0 Å². The van der Waals surface area contributed by atoms with E-state index in [9.17, 15) is 9.59 Å². The smallest absolute Gasteiger partial charge is 0.340 e. The van der Waals surface area contributed by atoms with E-state index in [-0.39, 0.29) is 11.5 Å². The minimum atomic E-state index is -0.517. The Bertz CT molecular complexity index is 511. The van der Waals surface area contributed by atoms with Crippen LogP contribution in [-0.2, 0) is 9.53 Å². The van der Waals surface area contributed by atoms with Crippen LogP contribution in [0.1, 0.15) is 23.7 Å². The predicted octanol–water partition coefficient (Wildman–Crippen LogP) is 2.41. The lowest BCUT2D eigenvalue weighted by Crippen LogP contribution is -2.31. The van der Waals surface area contributed by atoms with Crippen LogP contribution in [-0.4, -0.2) is 32.6 Å². The molecule has 0 unspecified atom stereocenters. The standard InChI is InChI=1S/C15H19NO4/c1-5-9-16(14(17)6-2)13-8-7-11(19-3)10-12(13)15(18)20-4/h5,7-8,10H,1,6,9H2,2-4H3.